The van der Waals surface area contributed by atoms with E-state index in [9.17, 15) is 32.7 Å². The first kappa shape index (κ1) is 33.5. The first-order valence-electron chi connectivity index (χ1n) is 15.3. The molecular formula is C31H38ClN5O8S. The summed E-state index contributed by atoms with van der Waals surface area (Å²) >= 11 is 6.01. The molecule has 15 heteroatoms. The number of fused-ring (bicyclic) bond motifs is 2. The number of ether oxygens (including phenoxy) is 1. The van der Waals surface area contributed by atoms with Crippen molar-refractivity contribution in [3.05, 3.63) is 53.3 Å². The van der Waals surface area contributed by atoms with Gasteiger partial charge in [-0.3, -0.25) is 19.2 Å². The van der Waals surface area contributed by atoms with Gasteiger partial charge >= 0.3 is 5.97 Å². The predicted molar refractivity (Wildman–Crippen MR) is 168 cm³/mol. The zero-order valence-electron chi connectivity index (χ0n) is 25.6. The molecule has 3 amide bonds. The van der Waals surface area contributed by atoms with Crippen LogP contribution in [0.3, 0.4) is 0 Å². The second kappa shape index (κ2) is 14.3. The number of nitrogens with zero attached hydrogens (tertiary/aromatic N) is 4. The molecule has 3 heterocycles. The van der Waals surface area contributed by atoms with Crippen LogP contribution in [0.25, 0.3) is 10.8 Å². The highest BCUT2D eigenvalue weighted by Gasteiger charge is 2.42. The van der Waals surface area contributed by atoms with Gasteiger partial charge in [0, 0.05) is 43.3 Å². The van der Waals surface area contributed by atoms with Crippen LogP contribution in [0.15, 0.2) is 53.2 Å². The Morgan fingerprint density at radius 2 is 1.78 bits per heavy atom. The summed E-state index contributed by atoms with van der Waals surface area (Å²) in [5.74, 6) is -2.09. The second-order valence-electron chi connectivity index (χ2n) is 11.7. The average Bonchev–Trinajstić information content (AvgIpc) is 3.57. The van der Waals surface area contributed by atoms with Crippen molar-refractivity contribution in [3.63, 3.8) is 0 Å². The summed E-state index contributed by atoms with van der Waals surface area (Å²) < 4.78 is 31.3. The van der Waals surface area contributed by atoms with E-state index in [-0.39, 0.29) is 55.5 Å². The number of hydrogen-bond acceptors (Lipinski definition) is 10. The molecule has 0 unspecified atom stereocenters. The maximum absolute atomic E-state index is 13.2. The third kappa shape index (κ3) is 7.73. The van der Waals surface area contributed by atoms with Crippen LogP contribution < -0.4 is 5.32 Å². The molecule has 0 radical (unpaired) electrons. The fourth-order valence-electron chi connectivity index (χ4n) is 5.88. The molecule has 0 bridgehead atoms. The lowest BCUT2D eigenvalue weighted by molar-refractivity contribution is -0.147. The summed E-state index contributed by atoms with van der Waals surface area (Å²) in [5, 5.41) is 15.3. The summed E-state index contributed by atoms with van der Waals surface area (Å²) in [5.41, 5.74) is 0.499. The van der Waals surface area contributed by atoms with Crippen LogP contribution in [-0.2, 0) is 33.8 Å². The SMILES string of the molecule is CCCC(=O)NCCC(=O)OCN1C=C2C(=O)N(C3CCN(C(=O)[C@H](O)CS(=O)(=O)c4ccc5cc(Cl)ccc5c4)CC3)CN2C1. The van der Waals surface area contributed by atoms with Crippen molar-refractivity contribution < 1.29 is 37.4 Å². The number of halogens is 1. The lowest BCUT2D eigenvalue weighted by Gasteiger charge is -2.37. The van der Waals surface area contributed by atoms with E-state index < -0.39 is 33.6 Å². The number of esters is 1. The molecular weight excluding hydrogens is 638 g/mol. The maximum Gasteiger partial charge on any atom is 0.309 e. The van der Waals surface area contributed by atoms with Crippen LogP contribution in [0.5, 0.6) is 0 Å². The van der Waals surface area contributed by atoms with E-state index in [1.807, 2.05) is 11.8 Å². The van der Waals surface area contributed by atoms with Gasteiger partial charge in [-0.1, -0.05) is 30.7 Å². The monoisotopic (exact) mass is 675 g/mol. The van der Waals surface area contributed by atoms with Gasteiger partial charge in [0.15, 0.2) is 16.6 Å². The Hall–Kier alpha value is -3.88. The summed E-state index contributed by atoms with van der Waals surface area (Å²) in [6, 6.07) is 9.55. The molecule has 0 saturated carbocycles. The molecule has 0 spiro atoms. The van der Waals surface area contributed by atoms with E-state index in [0.717, 1.165) is 11.8 Å². The van der Waals surface area contributed by atoms with Gasteiger partial charge in [-0.05, 0) is 54.3 Å². The number of aliphatic hydroxyl groups excluding tert-OH is 1. The van der Waals surface area contributed by atoms with E-state index in [1.54, 1.807) is 40.3 Å². The van der Waals surface area contributed by atoms with Gasteiger partial charge < -0.3 is 34.8 Å². The molecule has 1 atom stereocenters. The van der Waals surface area contributed by atoms with Crippen molar-refractivity contribution in [3.8, 4) is 0 Å². The zero-order chi connectivity index (χ0) is 33.0. The van der Waals surface area contributed by atoms with Crippen LogP contribution in [0.4, 0.5) is 0 Å². The van der Waals surface area contributed by atoms with Gasteiger partial charge in [0.1, 0.15) is 11.8 Å². The maximum atomic E-state index is 13.2. The molecule has 248 valence electrons. The highest BCUT2D eigenvalue weighted by Crippen LogP contribution is 2.30. The first-order valence-corrected chi connectivity index (χ1v) is 17.3. The van der Waals surface area contributed by atoms with Crippen molar-refractivity contribution >= 4 is 55.9 Å². The Balaban J connectivity index is 1.07. The molecule has 2 fully saturated rings. The fraction of sp³-hybridized carbons (Fsp3) is 0.484. The van der Waals surface area contributed by atoms with E-state index in [1.165, 1.54) is 17.0 Å². The van der Waals surface area contributed by atoms with E-state index in [4.69, 9.17) is 16.3 Å². The Labute approximate surface area is 272 Å². The Morgan fingerprint density at radius 3 is 2.50 bits per heavy atom. The highest BCUT2D eigenvalue weighted by atomic mass is 35.5. The lowest BCUT2D eigenvalue weighted by atomic mass is 10.0. The van der Waals surface area contributed by atoms with Gasteiger partial charge in [-0.15, -0.1) is 0 Å². The van der Waals surface area contributed by atoms with Gasteiger partial charge in [0.2, 0.25) is 5.91 Å². The summed E-state index contributed by atoms with van der Waals surface area (Å²) in [6.07, 6.45) is 2.13. The molecule has 46 heavy (non-hydrogen) atoms. The Kier molecular flexibility index (Phi) is 10.4. The Bertz CT molecular complexity index is 1640. The summed E-state index contributed by atoms with van der Waals surface area (Å²) in [7, 11) is -3.95. The summed E-state index contributed by atoms with van der Waals surface area (Å²) in [4.78, 5) is 56.6. The van der Waals surface area contributed by atoms with Gasteiger partial charge in [-0.2, -0.15) is 0 Å². The molecule has 0 aromatic heterocycles. The molecule has 0 aliphatic carbocycles. The topological polar surface area (TPSA) is 157 Å². The number of likely N-dealkylation sites (tertiary alicyclic amines) is 1. The van der Waals surface area contributed by atoms with Gasteiger partial charge in [0.05, 0.1) is 30.4 Å². The molecule has 5 rings (SSSR count). The fourth-order valence-corrected chi connectivity index (χ4v) is 7.39. The molecule has 13 nitrogen and oxygen atoms in total. The number of piperidine rings is 1. The van der Waals surface area contributed by atoms with Crippen molar-refractivity contribution in [2.75, 3.05) is 45.5 Å². The lowest BCUT2D eigenvalue weighted by Crippen LogP contribution is -2.51. The molecule has 2 saturated heterocycles. The third-order valence-corrected chi connectivity index (χ3v) is 10.3. The number of rotatable bonds is 12. The third-order valence-electron chi connectivity index (χ3n) is 8.33. The van der Waals surface area contributed by atoms with E-state index in [2.05, 4.69) is 5.32 Å². The number of carbonyl (C=O) groups excluding carboxylic acids is 4. The average molecular weight is 676 g/mol. The van der Waals surface area contributed by atoms with E-state index in [0.29, 0.717) is 48.7 Å². The van der Waals surface area contributed by atoms with Crippen molar-refractivity contribution in [2.45, 2.75) is 56.1 Å². The minimum absolute atomic E-state index is 0.0106. The molecule has 3 aliphatic rings. The largest absolute Gasteiger partial charge is 0.444 e. The summed E-state index contributed by atoms with van der Waals surface area (Å²) in [6.45, 7) is 3.39. The highest BCUT2D eigenvalue weighted by molar-refractivity contribution is 7.91. The van der Waals surface area contributed by atoms with Gasteiger partial charge in [0.25, 0.3) is 11.8 Å². The standard InChI is InChI=1S/C31H38ClN5O8S/c1-2-3-28(39)33-11-8-29(40)45-20-34-16-26-30(41)37(19-36(26)18-34)24-9-12-35(13-10-24)31(42)27(38)17-46(43,44)25-7-5-21-14-23(32)6-4-22(21)15-25/h4-7,14-16,24,27,38H,2-3,8-13,17-20H2,1H3,(H,33,39)/t27-/m1/s1. The van der Waals surface area contributed by atoms with Crippen LogP contribution in [0.2, 0.25) is 5.02 Å². The van der Waals surface area contributed by atoms with Crippen molar-refractivity contribution in [1.29, 1.82) is 0 Å². The molecule has 2 N–H and O–H groups in total. The smallest absolute Gasteiger partial charge is 0.309 e. The first-order chi connectivity index (χ1) is 21.9. The normalized spacial score (nSPS) is 17.7. The zero-order valence-corrected chi connectivity index (χ0v) is 27.1. The van der Waals surface area contributed by atoms with Crippen LogP contribution >= 0.6 is 11.6 Å². The number of benzene rings is 2. The minimum atomic E-state index is -3.95. The number of nitrogens with one attached hydrogen (secondary N) is 1. The minimum Gasteiger partial charge on any atom is -0.444 e. The van der Waals surface area contributed by atoms with Gasteiger partial charge in [-0.25, -0.2) is 8.42 Å². The van der Waals surface area contributed by atoms with Crippen LogP contribution in [-0.4, -0.2) is 114 Å². The molecule has 2 aromatic carbocycles. The number of hydrogen-bond donors (Lipinski definition) is 2. The molecule has 3 aliphatic heterocycles. The number of amides is 3. The van der Waals surface area contributed by atoms with Crippen molar-refractivity contribution in [1.82, 2.24) is 24.9 Å². The van der Waals surface area contributed by atoms with Crippen LogP contribution in [0.1, 0.15) is 39.0 Å². The van der Waals surface area contributed by atoms with Crippen LogP contribution in [0, 0.1) is 0 Å². The second-order valence-corrected chi connectivity index (χ2v) is 14.2. The Morgan fingerprint density at radius 1 is 1.07 bits per heavy atom. The predicted octanol–water partition coefficient (Wildman–Crippen LogP) is 1.64. The van der Waals surface area contributed by atoms with Crippen molar-refractivity contribution in [2.24, 2.45) is 0 Å². The number of carbonyl (C=O) groups is 4. The quantitative estimate of drug-likeness (QED) is 0.317. The number of aliphatic hydroxyl groups is 1. The molecule has 2 aromatic rings. The van der Waals surface area contributed by atoms with E-state index >= 15 is 0 Å². The number of sulfone groups is 1.